The fraction of sp³-hybridized carbons (Fsp3) is 0.706. The largest absolute Gasteiger partial charge is 0.385 e. The van der Waals surface area contributed by atoms with Crippen LogP contribution in [-0.4, -0.2) is 58.8 Å². The van der Waals surface area contributed by atoms with Crippen LogP contribution in [-0.2, 0) is 20.9 Å². The molecule has 1 aromatic rings. The molecule has 0 saturated carbocycles. The molecule has 1 N–H and O–H groups in total. The maximum atomic E-state index is 13.0. The second-order valence-electron chi connectivity index (χ2n) is 6.46. The second kappa shape index (κ2) is 8.82. The second-order valence-corrected chi connectivity index (χ2v) is 6.46. The quantitative estimate of drug-likeness (QED) is 0.809. The van der Waals surface area contributed by atoms with Crippen LogP contribution in [0.5, 0.6) is 0 Å². The van der Waals surface area contributed by atoms with Crippen LogP contribution >= 0.6 is 0 Å². The highest BCUT2D eigenvalue weighted by Gasteiger charge is 2.32. The van der Waals surface area contributed by atoms with Crippen molar-refractivity contribution in [2.45, 2.75) is 58.2 Å². The van der Waals surface area contributed by atoms with E-state index in [2.05, 4.69) is 10.4 Å². The molecule has 7 nitrogen and oxygen atoms in total. The molecule has 2 amide bonds. The molecule has 134 valence electrons. The topological polar surface area (TPSA) is 76.5 Å². The predicted molar refractivity (Wildman–Crippen MR) is 90.4 cm³/mol. The number of rotatable bonds is 7. The number of hydrogen-bond donors (Lipinski definition) is 1. The summed E-state index contributed by atoms with van der Waals surface area (Å²) in [4.78, 5) is 26.3. The van der Waals surface area contributed by atoms with E-state index in [1.165, 1.54) is 6.92 Å². The average Bonchev–Trinajstić information content (AvgIpc) is 2.96. The fourth-order valence-corrected chi connectivity index (χ4v) is 3.20. The lowest BCUT2D eigenvalue weighted by atomic mass is 10.00. The normalized spacial score (nSPS) is 19.1. The van der Waals surface area contributed by atoms with Crippen LogP contribution in [0.2, 0.25) is 0 Å². The SMILES string of the molecule is COCC[C@@H](NC(C)=O)C(=O)N1CCCC[C@@H]1Cn1cc(C)cn1. The van der Waals surface area contributed by atoms with Crippen molar-refractivity contribution in [3.63, 3.8) is 0 Å². The number of likely N-dealkylation sites (tertiary alicyclic amines) is 1. The Hall–Kier alpha value is -1.89. The zero-order valence-corrected chi connectivity index (χ0v) is 14.8. The van der Waals surface area contributed by atoms with Gasteiger partial charge in [-0.05, 0) is 38.2 Å². The highest BCUT2D eigenvalue weighted by Crippen LogP contribution is 2.20. The summed E-state index contributed by atoms with van der Waals surface area (Å²) in [6, 6.07) is -0.410. The number of amides is 2. The third-order valence-corrected chi connectivity index (χ3v) is 4.36. The van der Waals surface area contributed by atoms with Gasteiger partial charge in [-0.25, -0.2) is 0 Å². The lowest BCUT2D eigenvalue weighted by molar-refractivity contribution is -0.140. The number of carbonyl (C=O) groups excluding carboxylic acids is 2. The van der Waals surface area contributed by atoms with Gasteiger partial charge in [0.2, 0.25) is 11.8 Å². The molecular formula is C17H28N4O3. The molecule has 1 aliphatic heterocycles. The standard InChI is InChI=1S/C17H28N4O3/c1-13-10-18-20(11-13)12-15-6-4-5-8-21(15)17(23)16(7-9-24-3)19-14(2)22/h10-11,15-16H,4-9,12H2,1-3H3,(H,19,22)/t15-,16-/m1/s1. The molecule has 2 atom stereocenters. The van der Waals surface area contributed by atoms with Crippen LogP contribution in [0.25, 0.3) is 0 Å². The lowest BCUT2D eigenvalue weighted by Crippen LogP contribution is -2.54. The first-order chi connectivity index (χ1) is 11.5. The summed E-state index contributed by atoms with van der Waals surface area (Å²) in [6.07, 6.45) is 7.37. The summed E-state index contributed by atoms with van der Waals surface area (Å²) in [7, 11) is 1.60. The molecular weight excluding hydrogens is 308 g/mol. The molecule has 0 radical (unpaired) electrons. The summed E-state index contributed by atoms with van der Waals surface area (Å²) >= 11 is 0. The maximum absolute atomic E-state index is 13.0. The van der Waals surface area contributed by atoms with E-state index in [1.54, 1.807) is 7.11 Å². The third kappa shape index (κ3) is 5.06. The van der Waals surface area contributed by atoms with E-state index >= 15 is 0 Å². The van der Waals surface area contributed by atoms with Gasteiger partial charge in [-0.15, -0.1) is 0 Å². The molecule has 0 spiro atoms. The highest BCUT2D eigenvalue weighted by molar-refractivity contribution is 5.87. The van der Waals surface area contributed by atoms with Gasteiger partial charge >= 0.3 is 0 Å². The number of aryl methyl sites for hydroxylation is 1. The number of piperidine rings is 1. The van der Waals surface area contributed by atoms with Crippen LogP contribution in [0.3, 0.4) is 0 Å². The molecule has 0 aliphatic carbocycles. The van der Waals surface area contributed by atoms with Gasteiger partial charge in [-0.1, -0.05) is 0 Å². The van der Waals surface area contributed by atoms with Crippen molar-refractivity contribution < 1.29 is 14.3 Å². The van der Waals surface area contributed by atoms with Crippen LogP contribution < -0.4 is 5.32 Å². The van der Waals surface area contributed by atoms with Crippen molar-refractivity contribution in [2.24, 2.45) is 0 Å². The van der Waals surface area contributed by atoms with E-state index in [0.29, 0.717) is 19.6 Å². The third-order valence-electron chi connectivity index (χ3n) is 4.36. The van der Waals surface area contributed by atoms with Crippen molar-refractivity contribution in [2.75, 3.05) is 20.3 Å². The van der Waals surface area contributed by atoms with Gasteiger partial charge in [-0.3, -0.25) is 14.3 Å². The fourth-order valence-electron chi connectivity index (χ4n) is 3.20. The number of hydrogen-bond acceptors (Lipinski definition) is 4. The molecule has 1 aliphatic rings. The van der Waals surface area contributed by atoms with E-state index in [-0.39, 0.29) is 17.9 Å². The molecule has 24 heavy (non-hydrogen) atoms. The van der Waals surface area contributed by atoms with Gasteiger partial charge < -0.3 is 15.0 Å². The summed E-state index contributed by atoms with van der Waals surface area (Å²) in [5, 5.41) is 7.10. The number of nitrogens with one attached hydrogen (secondary N) is 1. The van der Waals surface area contributed by atoms with E-state index < -0.39 is 6.04 Å². The van der Waals surface area contributed by atoms with Gasteiger partial charge in [-0.2, -0.15) is 5.10 Å². The number of aromatic nitrogens is 2. The molecule has 2 heterocycles. The Morgan fingerprint density at radius 3 is 2.88 bits per heavy atom. The minimum Gasteiger partial charge on any atom is -0.385 e. The van der Waals surface area contributed by atoms with Crippen LogP contribution in [0.15, 0.2) is 12.4 Å². The zero-order chi connectivity index (χ0) is 17.5. The van der Waals surface area contributed by atoms with Gasteiger partial charge in [0.25, 0.3) is 0 Å². The Bertz CT molecular complexity index is 558. The molecule has 1 saturated heterocycles. The minimum atomic E-state index is -0.526. The Morgan fingerprint density at radius 1 is 1.46 bits per heavy atom. The van der Waals surface area contributed by atoms with E-state index in [0.717, 1.165) is 31.4 Å². The first-order valence-corrected chi connectivity index (χ1v) is 8.57. The van der Waals surface area contributed by atoms with Gasteiger partial charge in [0, 0.05) is 33.4 Å². The molecule has 7 heteroatoms. The minimum absolute atomic E-state index is 0.0178. The van der Waals surface area contributed by atoms with Crippen molar-refractivity contribution in [1.82, 2.24) is 20.0 Å². The number of nitrogens with zero attached hydrogens (tertiary/aromatic N) is 3. The molecule has 1 fully saturated rings. The summed E-state index contributed by atoms with van der Waals surface area (Å²) in [6.45, 7) is 5.30. The van der Waals surface area contributed by atoms with E-state index in [4.69, 9.17) is 4.74 Å². The molecule has 0 unspecified atom stereocenters. The Labute approximate surface area is 143 Å². The maximum Gasteiger partial charge on any atom is 0.245 e. The molecule has 1 aromatic heterocycles. The Morgan fingerprint density at radius 2 is 2.25 bits per heavy atom. The first-order valence-electron chi connectivity index (χ1n) is 8.57. The van der Waals surface area contributed by atoms with Gasteiger partial charge in [0.05, 0.1) is 18.8 Å². The highest BCUT2D eigenvalue weighted by atomic mass is 16.5. The van der Waals surface area contributed by atoms with Gasteiger partial charge in [0.15, 0.2) is 0 Å². The molecule has 2 rings (SSSR count). The van der Waals surface area contributed by atoms with Crippen LogP contribution in [0.1, 0.15) is 38.2 Å². The summed E-state index contributed by atoms with van der Waals surface area (Å²) < 4.78 is 6.98. The van der Waals surface area contributed by atoms with Crippen molar-refractivity contribution in [3.05, 3.63) is 18.0 Å². The van der Waals surface area contributed by atoms with Crippen LogP contribution in [0.4, 0.5) is 0 Å². The van der Waals surface area contributed by atoms with Crippen molar-refractivity contribution in [3.8, 4) is 0 Å². The molecule has 0 aromatic carbocycles. The summed E-state index contributed by atoms with van der Waals surface area (Å²) in [5.74, 6) is -0.212. The average molecular weight is 336 g/mol. The molecule has 0 bridgehead atoms. The summed E-state index contributed by atoms with van der Waals surface area (Å²) in [5.41, 5.74) is 1.11. The number of methoxy groups -OCH3 is 1. The van der Waals surface area contributed by atoms with Gasteiger partial charge in [0.1, 0.15) is 6.04 Å². The van der Waals surface area contributed by atoms with E-state index in [9.17, 15) is 9.59 Å². The van der Waals surface area contributed by atoms with Crippen LogP contribution in [0, 0.1) is 6.92 Å². The smallest absolute Gasteiger partial charge is 0.245 e. The Balaban J connectivity index is 2.08. The monoisotopic (exact) mass is 336 g/mol. The number of ether oxygens (including phenoxy) is 1. The Kier molecular flexibility index (Phi) is 6.78. The van der Waals surface area contributed by atoms with Crippen molar-refractivity contribution >= 4 is 11.8 Å². The first kappa shape index (κ1) is 18.4. The lowest BCUT2D eigenvalue weighted by Gasteiger charge is -2.38. The number of carbonyl (C=O) groups is 2. The predicted octanol–water partition coefficient (Wildman–Crippen LogP) is 1.11. The van der Waals surface area contributed by atoms with Crippen molar-refractivity contribution in [1.29, 1.82) is 0 Å². The van der Waals surface area contributed by atoms with E-state index in [1.807, 2.05) is 28.9 Å². The zero-order valence-electron chi connectivity index (χ0n) is 14.8.